The second kappa shape index (κ2) is 4.38. The zero-order valence-electron chi connectivity index (χ0n) is 9.79. The van der Waals surface area contributed by atoms with Crippen molar-refractivity contribution in [1.82, 2.24) is 0 Å². The van der Waals surface area contributed by atoms with E-state index in [2.05, 4.69) is 0 Å². The van der Waals surface area contributed by atoms with E-state index in [-0.39, 0.29) is 11.9 Å². The van der Waals surface area contributed by atoms with Gasteiger partial charge in [0.2, 0.25) is 0 Å². The number of aryl methyl sites for hydroxylation is 1. The molecule has 0 aromatic heterocycles. The average Bonchev–Trinajstić information content (AvgIpc) is 2.71. The first-order valence-corrected chi connectivity index (χ1v) is 6.37. The summed E-state index contributed by atoms with van der Waals surface area (Å²) < 4.78 is 13.9. The van der Waals surface area contributed by atoms with Crippen LogP contribution in [0, 0.1) is 5.82 Å². The molecule has 18 heavy (non-hydrogen) atoms. The molecule has 0 bridgehead atoms. The first-order chi connectivity index (χ1) is 8.65. The summed E-state index contributed by atoms with van der Waals surface area (Å²) in [7, 11) is 0. The standard InChI is InChI=1S/C15H13ClFN/c16-11-3-5-12(14(17)8-11)9-1-4-13-10(7-9)2-6-15(13)18/h1,3-5,7-8,15H,2,6,18H2. The van der Waals surface area contributed by atoms with Gasteiger partial charge in [-0.15, -0.1) is 0 Å². The Morgan fingerprint density at radius 3 is 2.78 bits per heavy atom. The molecule has 0 fully saturated rings. The second-order valence-corrected chi connectivity index (χ2v) is 5.12. The average molecular weight is 262 g/mol. The van der Waals surface area contributed by atoms with Gasteiger partial charge in [-0.05, 0) is 47.7 Å². The number of rotatable bonds is 1. The zero-order chi connectivity index (χ0) is 12.7. The SMILES string of the molecule is NC1CCc2cc(-c3ccc(Cl)cc3F)ccc21. The van der Waals surface area contributed by atoms with Gasteiger partial charge in [0.25, 0.3) is 0 Å². The van der Waals surface area contributed by atoms with Crippen molar-refractivity contribution >= 4 is 11.6 Å². The second-order valence-electron chi connectivity index (χ2n) is 4.68. The highest BCUT2D eigenvalue weighted by Crippen LogP contribution is 2.33. The molecule has 0 saturated carbocycles. The molecule has 0 spiro atoms. The maximum atomic E-state index is 13.9. The largest absolute Gasteiger partial charge is 0.324 e. The van der Waals surface area contributed by atoms with Crippen LogP contribution in [0.1, 0.15) is 23.6 Å². The zero-order valence-corrected chi connectivity index (χ0v) is 10.5. The third-order valence-electron chi connectivity index (χ3n) is 3.51. The molecule has 0 aliphatic heterocycles. The Morgan fingerprint density at radius 2 is 2.00 bits per heavy atom. The van der Waals surface area contributed by atoms with Crippen LogP contribution in [0.4, 0.5) is 4.39 Å². The Bertz CT molecular complexity index is 609. The molecule has 1 unspecified atom stereocenters. The van der Waals surface area contributed by atoms with Gasteiger partial charge >= 0.3 is 0 Å². The van der Waals surface area contributed by atoms with Gasteiger partial charge in [-0.1, -0.05) is 29.8 Å². The fraction of sp³-hybridized carbons (Fsp3) is 0.200. The van der Waals surface area contributed by atoms with E-state index in [0.717, 1.165) is 18.4 Å². The lowest BCUT2D eigenvalue weighted by Crippen LogP contribution is -2.04. The molecule has 1 aliphatic rings. The number of fused-ring (bicyclic) bond motifs is 1. The minimum Gasteiger partial charge on any atom is -0.324 e. The first kappa shape index (κ1) is 11.7. The third kappa shape index (κ3) is 1.92. The first-order valence-electron chi connectivity index (χ1n) is 5.99. The van der Waals surface area contributed by atoms with E-state index < -0.39 is 0 Å². The van der Waals surface area contributed by atoms with Crippen molar-refractivity contribution in [2.75, 3.05) is 0 Å². The highest BCUT2D eigenvalue weighted by Gasteiger charge is 2.19. The molecular formula is C15H13ClFN. The molecule has 2 N–H and O–H groups in total. The fourth-order valence-corrected chi connectivity index (χ4v) is 2.70. The quantitative estimate of drug-likeness (QED) is 0.822. The van der Waals surface area contributed by atoms with Crippen LogP contribution in [0.5, 0.6) is 0 Å². The Labute approximate surface area is 110 Å². The molecular weight excluding hydrogens is 249 g/mol. The van der Waals surface area contributed by atoms with Crippen molar-refractivity contribution < 1.29 is 4.39 Å². The highest BCUT2D eigenvalue weighted by atomic mass is 35.5. The van der Waals surface area contributed by atoms with E-state index in [4.69, 9.17) is 17.3 Å². The van der Waals surface area contributed by atoms with E-state index in [0.29, 0.717) is 10.6 Å². The molecule has 3 heteroatoms. The third-order valence-corrected chi connectivity index (χ3v) is 3.74. The predicted molar refractivity (Wildman–Crippen MR) is 72.1 cm³/mol. The smallest absolute Gasteiger partial charge is 0.132 e. The van der Waals surface area contributed by atoms with Gasteiger partial charge in [-0.3, -0.25) is 0 Å². The summed E-state index contributed by atoms with van der Waals surface area (Å²) in [5.74, 6) is -0.287. The van der Waals surface area contributed by atoms with Crippen molar-refractivity contribution in [3.05, 3.63) is 58.4 Å². The van der Waals surface area contributed by atoms with Gasteiger partial charge in [-0.2, -0.15) is 0 Å². The summed E-state index contributed by atoms with van der Waals surface area (Å²) >= 11 is 5.76. The van der Waals surface area contributed by atoms with Crippen molar-refractivity contribution in [3.63, 3.8) is 0 Å². The Morgan fingerprint density at radius 1 is 1.17 bits per heavy atom. The molecule has 1 aliphatic carbocycles. The molecule has 1 nitrogen and oxygen atoms in total. The normalized spacial score (nSPS) is 17.8. The van der Waals surface area contributed by atoms with Gasteiger partial charge in [0, 0.05) is 16.6 Å². The molecule has 3 rings (SSSR count). The maximum Gasteiger partial charge on any atom is 0.132 e. The van der Waals surface area contributed by atoms with Crippen LogP contribution in [-0.2, 0) is 6.42 Å². The monoisotopic (exact) mass is 261 g/mol. The van der Waals surface area contributed by atoms with Crippen molar-refractivity contribution in [2.45, 2.75) is 18.9 Å². The Kier molecular flexibility index (Phi) is 2.84. The summed E-state index contributed by atoms with van der Waals surface area (Å²) in [5.41, 5.74) is 9.88. The van der Waals surface area contributed by atoms with Crippen molar-refractivity contribution in [1.29, 1.82) is 0 Å². The highest BCUT2D eigenvalue weighted by molar-refractivity contribution is 6.30. The van der Waals surface area contributed by atoms with Gasteiger partial charge in [0.1, 0.15) is 5.82 Å². The topological polar surface area (TPSA) is 26.0 Å². The van der Waals surface area contributed by atoms with Gasteiger partial charge in [0.15, 0.2) is 0 Å². The summed E-state index contributed by atoms with van der Waals surface area (Å²) in [6.07, 6.45) is 1.95. The number of hydrogen-bond donors (Lipinski definition) is 1. The molecule has 0 saturated heterocycles. The van der Waals surface area contributed by atoms with E-state index in [1.54, 1.807) is 12.1 Å². The van der Waals surface area contributed by atoms with Gasteiger partial charge in [-0.25, -0.2) is 4.39 Å². The Balaban J connectivity index is 2.08. The van der Waals surface area contributed by atoms with E-state index in [9.17, 15) is 4.39 Å². The van der Waals surface area contributed by atoms with Crippen molar-refractivity contribution in [2.24, 2.45) is 5.73 Å². The summed E-state index contributed by atoms with van der Waals surface area (Å²) in [6, 6.07) is 10.9. The molecule has 2 aromatic carbocycles. The number of hydrogen-bond acceptors (Lipinski definition) is 1. The van der Waals surface area contributed by atoms with Gasteiger partial charge in [0.05, 0.1) is 0 Å². The fourth-order valence-electron chi connectivity index (χ4n) is 2.54. The minimum atomic E-state index is -0.287. The molecule has 92 valence electrons. The van der Waals surface area contributed by atoms with Crippen LogP contribution in [-0.4, -0.2) is 0 Å². The van der Waals surface area contributed by atoms with Crippen LogP contribution < -0.4 is 5.73 Å². The number of nitrogens with two attached hydrogens (primary N) is 1. The summed E-state index contributed by atoms with van der Waals surface area (Å²) in [4.78, 5) is 0. The molecule has 2 aromatic rings. The number of benzene rings is 2. The summed E-state index contributed by atoms with van der Waals surface area (Å²) in [5, 5.41) is 0.416. The van der Waals surface area contributed by atoms with Crippen LogP contribution in [0.3, 0.4) is 0 Å². The predicted octanol–water partition coefficient (Wildman–Crippen LogP) is 4.09. The van der Waals surface area contributed by atoms with Crippen LogP contribution in [0.15, 0.2) is 36.4 Å². The van der Waals surface area contributed by atoms with E-state index >= 15 is 0 Å². The van der Waals surface area contributed by atoms with Crippen LogP contribution in [0.25, 0.3) is 11.1 Å². The van der Waals surface area contributed by atoms with Crippen LogP contribution >= 0.6 is 11.6 Å². The maximum absolute atomic E-state index is 13.9. The molecule has 0 radical (unpaired) electrons. The minimum absolute atomic E-state index is 0.129. The van der Waals surface area contributed by atoms with Crippen LogP contribution in [0.2, 0.25) is 5.02 Å². The number of halogens is 2. The van der Waals surface area contributed by atoms with Gasteiger partial charge < -0.3 is 5.73 Å². The van der Waals surface area contributed by atoms with Crippen molar-refractivity contribution in [3.8, 4) is 11.1 Å². The van der Waals surface area contributed by atoms with E-state index in [1.807, 2.05) is 18.2 Å². The molecule has 1 atom stereocenters. The molecule has 0 heterocycles. The lowest BCUT2D eigenvalue weighted by molar-refractivity contribution is 0.631. The molecule has 0 amide bonds. The Hall–Kier alpha value is -1.38. The van der Waals surface area contributed by atoms with E-state index in [1.165, 1.54) is 17.2 Å². The lowest BCUT2D eigenvalue weighted by Gasteiger charge is -2.08. The lowest BCUT2D eigenvalue weighted by atomic mass is 9.99. The summed E-state index contributed by atoms with van der Waals surface area (Å²) in [6.45, 7) is 0.